The number of rotatable bonds is 4. The Kier molecular flexibility index (Phi) is 5.88. The first-order valence-corrected chi connectivity index (χ1v) is 15.1. The number of pyridine rings is 1. The van der Waals surface area contributed by atoms with E-state index in [0.29, 0.717) is 17.5 Å². The Labute approximate surface area is 260 Å². The smallest absolute Gasteiger partial charge is 0.164 e. The van der Waals surface area contributed by atoms with Crippen LogP contribution in [0.15, 0.2) is 146 Å². The van der Waals surface area contributed by atoms with E-state index in [9.17, 15) is 0 Å². The predicted octanol–water partition coefficient (Wildman–Crippen LogP) is 8.76. The van der Waals surface area contributed by atoms with Crippen molar-refractivity contribution in [3.05, 3.63) is 168 Å². The maximum atomic E-state index is 6.47. The SMILES string of the molecule is C1=C(c2ccccc2-c2nc(-c3ccccc3)nc(-c3ccc4ccccc4c3)n2)c2ccccc2C2c3ccncc3OC12. The van der Waals surface area contributed by atoms with E-state index in [4.69, 9.17) is 19.7 Å². The molecule has 0 N–H and O–H groups in total. The van der Waals surface area contributed by atoms with Gasteiger partial charge in [-0.3, -0.25) is 4.98 Å². The number of nitrogens with zero attached hydrogens (tertiary/aromatic N) is 4. The van der Waals surface area contributed by atoms with Gasteiger partial charge in [-0.2, -0.15) is 0 Å². The molecule has 0 bridgehead atoms. The Hall–Kier alpha value is -5.94. The second-order valence-electron chi connectivity index (χ2n) is 11.4. The maximum absolute atomic E-state index is 6.47. The van der Waals surface area contributed by atoms with Gasteiger partial charge in [0.15, 0.2) is 17.5 Å². The summed E-state index contributed by atoms with van der Waals surface area (Å²) < 4.78 is 6.47. The molecule has 0 radical (unpaired) electrons. The van der Waals surface area contributed by atoms with Gasteiger partial charge in [-0.15, -0.1) is 0 Å². The summed E-state index contributed by atoms with van der Waals surface area (Å²) >= 11 is 0. The number of aromatic nitrogens is 4. The van der Waals surface area contributed by atoms with E-state index in [2.05, 4.69) is 102 Å². The lowest BCUT2D eigenvalue weighted by Crippen LogP contribution is -2.23. The molecule has 45 heavy (non-hydrogen) atoms. The summed E-state index contributed by atoms with van der Waals surface area (Å²) in [6.07, 6.45) is 5.80. The maximum Gasteiger partial charge on any atom is 0.164 e. The Morgan fingerprint density at radius 1 is 0.511 bits per heavy atom. The van der Waals surface area contributed by atoms with Crippen molar-refractivity contribution in [2.75, 3.05) is 0 Å². The number of hydrogen-bond donors (Lipinski definition) is 0. The highest BCUT2D eigenvalue weighted by Gasteiger charge is 2.39. The molecule has 0 amide bonds. The lowest BCUT2D eigenvalue weighted by Gasteiger charge is -2.28. The van der Waals surface area contributed by atoms with E-state index in [0.717, 1.165) is 39.0 Å². The van der Waals surface area contributed by atoms with Crippen molar-refractivity contribution in [3.8, 4) is 39.9 Å². The van der Waals surface area contributed by atoms with E-state index >= 15 is 0 Å². The fraction of sp³-hybridized carbons (Fsp3) is 0.0500. The number of hydrogen-bond acceptors (Lipinski definition) is 5. The summed E-state index contributed by atoms with van der Waals surface area (Å²) in [5, 5.41) is 2.32. The number of ether oxygens (including phenoxy) is 1. The zero-order valence-corrected chi connectivity index (χ0v) is 24.2. The monoisotopic (exact) mass is 578 g/mol. The molecule has 7 aromatic rings. The fourth-order valence-corrected chi connectivity index (χ4v) is 6.70. The minimum absolute atomic E-state index is 0.122. The number of benzene rings is 5. The van der Waals surface area contributed by atoms with Crippen LogP contribution in [0.4, 0.5) is 0 Å². The third-order valence-electron chi connectivity index (χ3n) is 8.79. The molecule has 1 aliphatic heterocycles. The first-order chi connectivity index (χ1) is 22.3. The first kappa shape index (κ1) is 25.5. The van der Waals surface area contributed by atoms with Crippen LogP contribution in [0.1, 0.15) is 28.2 Å². The van der Waals surface area contributed by atoms with Crippen molar-refractivity contribution < 1.29 is 4.74 Å². The third-order valence-corrected chi connectivity index (χ3v) is 8.79. The van der Waals surface area contributed by atoms with Gasteiger partial charge in [-0.05, 0) is 51.2 Å². The summed E-state index contributed by atoms with van der Waals surface area (Å²) in [5.41, 5.74) is 8.60. The molecule has 1 aliphatic carbocycles. The molecule has 2 aliphatic rings. The molecule has 2 unspecified atom stereocenters. The molecule has 0 saturated carbocycles. The predicted molar refractivity (Wildman–Crippen MR) is 178 cm³/mol. The highest BCUT2D eigenvalue weighted by molar-refractivity contribution is 5.91. The van der Waals surface area contributed by atoms with Crippen LogP contribution in [0.2, 0.25) is 0 Å². The van der Waals surface area contributed by atoms with Gasteiger partial charge < -0.3 is 4.74 Å². The van der Waals surface area contributed by atoms with Crippen molar-refractivity contribution in [2.45, 2.75) is 12.0 Å². The van der Waals surface area contributed by atoms with E-state index in [1.807, 2.05) is 48.8 Å². The largest absolute Gasteiger partial charge is 0.483 e. The molecule has 2 aromatic heterocycles. The lowest BCUT2D eigenvalue weighted by atomic mass is 9.76. The van der Waals surface area contributed by atoms with Crippen LogP contribution in [0.25, 0.3) is 50.5 Å². The molecule has 0 fully saturated rings. The second-order valence-corrected chi connectivity index (χ2v) is 11.4. The van der Waals surface area contributed by atoms with Crippen molar-refractivity contribution >= 4 is 16.3 Å². The molecule has 0 spiro atoms. The molecule has 212 valence electrons. The molecule has 3 heterocycles. The van der Waals surface area contributed by atoms with E-state index in [1.54, 1.807) is 0 Å². The van der Waals surface area contributed by atoms with Crippen molar-refractivity contribution in [1.29, 1.82) is 0 Å². The molecule has 0 saturated heterocycles. The normalized spacial score (nSPS) is 16.3. The zero-order valence-electron chi connectivity index (χ0n) is 24.2. The lowest BCUT2D eigenvalue weighted by molar-refractivity contribution is 0.266. The molecule has 2 atom stereocenters. The first-order valence-electron chi connectivity index (χ1n) is 15.1. The highest BCUT2D eigenvalue weighted by atomic mass is 16.5. The van der Waals surface area contributed by atoms with E-state index < -0.39 is 0 Å². The second kappa shape index (κ2) is 10.4. The van der Waals surface area contributed by atoms with Gasteiger partial charge in [0.1, 0.15) is 11.9 Å². The third kappa shape index (κ3) is 4.32. The number of fused-ring (bicyclic) bond motifs is 6. The fourth-order valence-electron chi connectivity index (χ4n) is 6.70. The Morgan fingerprint density at radius 3 is 2.07 bits per heavy atom. The van der Waals surface area contributed by atoms with Crippen molar-refractivity contribution in [3.63, 3.8) is 0 Å². The quantitative estimate of drug-likeness (QED) is 0.209. The van der Waals surface area contributed by atoms with Crippen LogP contribution in [-0.2, 0) is 0 Å². The highest BCUT2D eigenvalue weighted by Crippen LogP contribution is 2.49. The van der Waals surface area contributed by atoms with Crippen LogP contribution in [0.5, 0.6) is 5.75 Å². The average molecular weight is 579 g/mol. The minimum atomic E-state index is -0.131. The molecule has 9 rings (SSSR count). The molecule has 5 heteroatoms. The average Bonchev–Trinajstić information content (AvgIpc) is 3.50. The van der Waals surface area contributed by atoms with Crippen molar-refractivity contribution in [1.82, 2.24) is 19.9 Å². The van der Waals surface area contributed by atoms with Crippen LogP contribution in [-0.4, -0.2) is 26.0 Å². The molecular formula is C40H26N4O. The van der Waals surface area contributed by atoms with E-state index in [1.165, 1.54) is 22.1 Å². The topological polar surface area (TPSA) is 60.8 Å². The van der Waals surface area contributed by atoms with Crippen LogP contribution < -0.4 is 4.74 Å². The van der Waals surface area contributed by atoms with Gasteiger partial charge in [0, 0.05) is 28.5 Å². The van der Waals surface area contributed by atoms with E-state index in [-0.39, 0.29) is 12.0 Å². The minimum Gasteiger partial charge on any atom is -0.483 e. The van der Waals surface area contributed by atoms with Crippen LogP contribution in [0.3, 0.4) is 0 Å². The van der Waals surface area contributed by atoms with Gasteiger partial charge in [-0.1, -0.05) is 115 Å². The molecule has 5 nitrogen and oxygen atoms in total. The summed E-state index contributed by atoms with van der Waals surface area (Å²) in [5.74, 6) is 2.87. The zero-order chi connectivity index (χ0) is 29.7. The summed E-state index contributed by atoms with van der Waals surface area (Å²) in [7, 11) is 0. The Morgan fingerprint density at radius 2 is 1.20 bits per heavy atom. The Bertz CT molecular complexity index is 2280. The summed E-state index contributed by atoms with van der Waals surface area (Å²) in [6.45, 7) is 0. The molecule has 5 aromatic carbocycles. The van der Waals surface area contributed by atoms with Gasteiger partial charge in [0.25, 0.3) is 0 Å². The van der Waals surface area contributed by atoms with Crippen molar-refractivity contribution in [2.24, 2.45) is 0 Å². The van der Waals surface area contributed by atoms with Gasteiger partial charge >= 0.3 is 0 Å². The Balaban J connectivity index is 1.23. The molecular weight excluding hydrogens is 552 g/mol. The summed E-state index contributed by atoms with van der Waals surface area (Å²) in [4.78, 5) is 19.5. The standard InChI is InChI=1S/C40H26N4O/c1-2-11-26(12-3-1)38-42-39(28-19-18-25-10-4-5-13-27(25)22-28)44-40(43-38)32-17-9-7-15-30(32)34-23-35-37(31-16-8-6-14-29(31)34)33-20-21-41-24-36(33)45-35/h1-24,35,37H. The van der Waals surface area contributed by atoms with Gasteiger partial charge in [0.2, 0.25) is 0 Å². The van der Waals surface area contributed by atoms with Crippen LogP contribution >= 0.6 is 0 Å². The summed E-state index contributed by atoms with van der Waals surface area (Å²) in [6, 6.07) is 43.9. The van der Waals surface area contributed by atoms with Crippen LogP contribution in [0, 0.1) is 0 Å². The van der Waals surface area contributed by atoms with Gasteiger partial charge in [0.05, 0.1) is 12.1 Å². The van der Waals surface area contributed by atoms with Gasteiger partial charge in [-0.25, -0.2) is 15.0 Å².